The Labute approximate surface area is 64.8 Å². The van der Waals surface area contributed by atoms with E-state index in [4.69, 9.17) is 4.74 Å². The summed E-state index contributed by atoms with van der Waals surface area (Å²) in [4.78, 5) is 0. The molecule has 0 fully saturated rings. The maximum Gasteiger partial charge on any atom is 0.0491 e. The van der Waals surface area contributed by atoms with E-state index in [2.05, 4.69) is 27.7 Å². The summed E-state index contributed by atoms with van der Waals surface area (Å²) in [5.41, 5.74) is 0. The Balaban J connectivity index is 3.03. The van der Waals surface area contributed by atoms with E-state index in [1.807, 2.05) is 0 Å². The van der Waals surface area contributed by atoms with Gasteiger partial charge in [0, 0.05) is 13.2 Å². The van der Waals surface area contributed by atoms with E-state index in [0.29, 0.717) is 5.92 Å². The third-order valence-corrected chi connectivity index (χ3v) is 1.55. The van der Waals surface area contributed by atoms with Crippen molar-refractivity contribution >= 4 is 0 Å². The van der Waals surface area contributed by atoms with Crippen molar-refractivity contribution in [3.63, 3.8) is 0 Å². The van der Waals surface area contributed by atoms with E-state index in [9.17, 15) is 0 Å². The Hall–Kier alpha value is -0.0400. The first-order valence-corrected chi connectivity index (χ1v) is 4.24. The van der Waals surface area contributed by atoms with Crippen LogP contribution in [0.2, 0.25) is 0 Å². The summed E-state index contributed by atoms with van der Waals surface area (Å²) in [5, 5.41) is 0. The van der Waals surface area contributed by atoms with E-state index in [1.54, 1.807) is 0 Å². The van der Waals surface area contributed by atoms with Crippen LogP contribution in [0, 0.1) is 11.8 Å². The SMILES string of the molecule is CC[C@H](C)COCC(C)C. The minimum absolute atomic E-state index is 0.670. The lowest BCUT2D eigenvalue weighted by molar-refractivity contribution is 0.0832. The highest BCUT2D eigenvalue weighted by atomic mass is 16.5. The zero-order chi connectivity index (χ0) is 7.98. The Kier molecular flexibility index (Phi) is 5.70. The predicted molar refractivity (Wildman–Crippen MR) is 45.1 cm³/mol. The van der Waals surface area contributed by atoms with Crippen molar-refractivity contribution in [1.29, 1.82) is 0 Å². The summed E-state index contributed by atoms with van der Waals surface area (Å²) in [6, 6.07) is 0. The molecule has 1 heteroatoms. The lowest BCUT2D eigenvalue weighted by Gasteiger charge is -2.10. The first kappa shape index (κ1) is 9.96. The Morgan fingerprint density at radius 2 is 1.70 bits per heavy atom. The van der Waals surface area contributed by atoms with Crippen molar-refractivity contribution in [3.05, 3.63) is 0 Å². The van der Waals surface area contributed by atoms with Gasteiger partial charge in [-0.05, 0) is 11.8 Å². The zero-order valence-corrected chi connectivity index (χ0v) is 7.68. The van der Waals surface area contributed by atoms with Crippen LogP contribution < -0.4 is 0 Å². The summed E-state index contributed by atoms with van der Waals surface area (Å²) >= 11 is 0. The average Bonchev–Trinajstić information content (AvgIpc) is 1.87. The first-order valence-electron chi connectivity index (χ1n) is 4.24. The summed E-state index contributed by atoms with van der Waals surface area (Å²) < 4.78 is 5.45. The Morgan fingerprint density at radius 1 is 1.10 bits per heavy atom. The standard InChI is InChI=1S/C9H20O/c1-5-9(4)7-10-6-8(2)3/h8-9H,5-7H2,1-4H3/t9-/m0/s1. The molecular formula is C9H20O. The molecule has 0 amide bonds. The molecule has 0 aromatic heterocycles. The number of rotatable bonds is 5. The molecule has 1 nitrogen and oxygen atoms in total. The van der Waals surface area contributed by atoms with Gasteiger partial charge in [0.2, 0.25) is 0 Å². The molecule has 0 aliphatic heterocycles. The van der Waals surface area contributed by atoms with Crippen LogP contribution in [-0.4, -0.2) is 13.2 Å². The lowest BCUT2D eigenvalue weighted by atomic mass is 10.1. The summed E-state index contributed by atoms with van der Waals surface area (Å²) in [7, 11) is 0. The second kappa shape index (κ2) is 5.72. The van der Waals surface area contributed by atoms with Gasteiger partial charge in [-0.2, -0.15) is 0 Å². The van der Waals surface area contributed by atoms with E-state index < -0.39 is 0 Å². The monoisotopic (exact) mass is 144 g/mol. The van der Waals surface area contributed by atoms with Crippen LogP contribution in [0.3, 0.4) is 0 Å². The van der Waals surface area contributed by atoms with Gasteiger partial charge in [-0.25, -0.2) is 0 Å². The quantitative estimate of drug-likeness (QED) is 0.576. The van der Waals surface area contributed by atoms with Gasteiger partial charge in [0.25, 0.3) is 0 Å². The second-order valence-electron chi connectivity index (χ2n) is 3.44. The predicted octanol–water partition coefficient (Wildman–Crippen LogP) is 2.71. The van der Waals surface area contributed by atoms with Crippen molar-refractivity contribution in [1.82, 2.24) is 0 Å². The normalized spacial score (nSPS) is 14.1. The molecule has 0 saturated heterocycles. The highest BCUT2D eigenvalue weighted by Crippen LogP contribution is 2.02. The molecule has 0 spiro atoms. The van der Waals surface area contributed by atoms with Gasteiger partial charge in [0.15, 0.2) is 0 Å². The molecule has 0 aromatic rings. The molecule has 10 heavy (non-hydrogen) atoms. The van der Waals surface area contributed by atoms with Crippen molar-refractivity contribution in [2.75, 3.05) is 13.2 Å². The van der Waals surface area contributed by atoms with Gasteiger partial charge in [-0.15, -0.1) is 0 Å². The lowest BCUT2D eigenvalue weighted by Crippen LogP contribution is -2.08. The first-order chi connectivity index (χ1) is 4.66. The van der Waals surface area contributed by atoms with Crippen molar-refractivity contribution in [3.8, 4) is 0 Å². The molecule has 0 radical (unpaired) electrons. The van der Waals surface area contributed by atoms with Gasteiger partial charge in [-0.3, -0.25) is 0 Å². The number of hydrogen-bond donors (Lipinski definition) is 0. The molecule has 0 rings (SSSR count). The molecule has 62 valence electrons. The highest BCUT2D eigenvalue weighted by molar-refractivity contribution is 4.47. The largest absolute Gasteiger partial charge is 0.381 e. The minimum Gasteiger partial charge on any atom is -0.381 e. The number of ether oxygens (including phenoxy) is 1. The topological polar surface area (TPSA) is 9.23 Å². The van der Waals surface area contributed by atoms with Gasteiger partial charge >= 0.3 is 0 Å². The third-order valence-electron chi connectivity index (χ3n) is 1.55. The average molecular weight is 144 g/mol. The van der Waals surface area contributed by atoms with Crippen molar-refractivity contribution < 1.29 is 4.74 Å². The number of hydrogen-bond acceptors (Lipinski definition) is 1. The van der Waals surface area contributed by atoms with Crippen LogP contribution in [0.15, 0.2) is 0 Å². The molecule has 0 aromatic carbocycles. The van der Waals surface area contributed by atoms with E-state index in [-0.39, 0.29) is 0 Å². The molecule has 0 N–H and O–H groups in total. The molecule has 0 bridgehead atoms. The molecule has 0 saturated carbocycles. The maximum atomic E-state index is 5.45. The smallest absolute Gasteiger partial charge is 0.0491 e. The van der Waals surface area contributed by atoms with Crippen LogP contribution in [0.1, 0.15) is 34.1 Å². The van der Waals surface area contributed by atoms with E-state index >= 15 is 0 Å². The fraction of sp³-hybridized carbons (Fsp3) is 1.00. The summed E-state index contributed by atoms with van der Waals surface area (Å²) in [6.45, 7) is 10.6. The van der Waals surface area contributed by atoms with Crippen LogP contribution in [0.25, 0.3) is 0 Å². The van der Waals surface area contributed by atoms with Gasteiger partial charge < -0.3 is 4.74 Å². The van der Waals surface area contributed by atoms with Crippen LogP contribution in [-0.2, 0) is 4.74 Å². The molecule has 0 unspecified atom stereocenters. The molecule has 0 aliphatic carbocycles. The molecular weight excluding hydrogens is 124 g/mol. The van der Waals surface area contributed by atoms with Gasteiger partial charge in [0.1, 0.15) is 0 Å². The minimum atomic E-state index is 0.670. The molecule has 0 heterocycles. The fourth-order valence-corrected chi connectivity index (χ4v) is 0.623. The van der Waals surface area contributed by atoms with E-state index in [0.717, 1.165) is 19.1 Å². The molecule has 0 aliphatic rings. The highest BCUT2D eigenvalue weighted by Gasteiger charge is 1.98. The van der Waals surface area contributed by atoms with E-state index in [1.165, 1.54) is 6.42 Å². The van der Waals surface area contributed by atoms with Crippen molar-refractivity contribution in [2.24, 2.45) is 11.8 Å². The second-order valence-corrected chi connectivity index (χ2v) is 3.44. The maximum absolute atomic E-state index is 5.45. The fourth-order valence-electron chi connectivity index (χ4n) is 0.623. The van der Waals surface area contributed by atoms with Gasteiger partial charge in [-0.1, -0.05) is 34.1 Å². The third kappa shape index (κ3) is 6.09. The van der Waals surface area contributed by atoms with Crippen LogP contribution >= 0.6 is 0 Å². The van der Waals surface area contributed by atoms with Gasteiger partial charge in [0.05, 0.1) is 0 Å². The Morgan fingerprint density at radius 3 is 2.10 bits per heavy atom. The van der Waals surface area contributed by atoms with Crippen LogP contribution in [0.5, 0.6) is 0 Å². The van der Waals surface area contributed by atoms with Crippen molar-refractivity contribution in [2.45, 2.75) is 34.1 Å². The summed E-state index contributed by atoms with van der Waals surface area (Å²) in [5.74, 6) is 1.39. The Bertz CT molecular complexity index is 69.1. The zero-order valence-electron chi connectivity index (χ0n) is 7.68. The summed E-state index contributed by atoms with van der Waals surface area (Å²) in [6.07, 6.45) is 1.22. The van der Waals surface area contributed by atoms with Crippen LogP contribution in [0.4, 0.5) is 0 Å². The molecule has 1 atom stereocenters.